The van der Waals surface area contributed by atoms with Crippen LogP contribution in [-0.4, -0.2) is 18.2 Å². The van der Waals surface area contributed by atoms with Crippen molar-refractivity contribution in [1.29, 1.82) is 0 Å². The zero-order chi connectivity index (χ0) is 21.7. The Morgan fingerprint density at radius 2 is 1.39 bits per heavy atom. The lowest BCUT2D eigenvalue weighted by Crippen LogP contribution is -2.36. The van der Waals surface area contributed by atoms with E-state index in [4.69, 9.17) is 4.74 Å². The summed E-state index contributed by atoms with van der Waals surface area (Å²) in [6.45, 7) is 3.80. The third kappa shape index (κ3) is 4.36. The number of rotatable bonds is 5. The summed E-state index contributed by atoms with van der Waals surface area (Å²) >= 11 is 0. The number of hydrogen-bond donors (Lipinski definition) is 0. The van der Waals surface area contributed by atoms with Gasteiger partial charge in [0.2, 0.25) is 0 Å². The second-order valence-electron chi connectivity index (χ2n) is 8.19. The normalized spacial score (nSPS) is 19.3. The molecule has 31 heavy (non-hydrogen) atoms. The molecular weight excluding hydrogens is 399 g/mol. The first-order valence-electron chi connectivity index (χ1n) is 11.0. The van der Waals surface area contributed by atoms with Crippen LogP contribution in [0.4, 0.5) is 0 Å². The summed E-state index contributed by atoms with van der Waals surface area (Å²) in [6, 6.07) is 32.3. The molecule has 0 aliphatic carbocycles. The van der Waals surface area contributed by atoms with E-state index < -0.39 is 7.92 Å². The van der Waals surface area contributed by atoms with Crippen molar-refractivity contribution < 1.29 is 9.53 Å². The molecule has 1 fully saturated rings. The van der Waals surface area contributed by atoms with Crippen LogP contribution in [-0.2, 0) is 14.7 Å². The Morgan fingerprint density at radius 1 is 0.871 bits per heavy atom. The molecule has 1 atom stereocenters. The Labute approximate surface area is 186 Å². The Bertz CT molecular complexity index is 987. The highest BCUT2D eigenvalue weighted by Crippen LogP contribution is 2.66. The van der Waals surface area contributed by atoms with Gasteiger partial charge in [-0.3, -0.25) is 0 Å². The largest absolute Gasteiger partial charge is 0.460 e. The maximum atomic E-state index is 12.8. The van der Waals surface area contributed by atoms with E-state index in [2.05, 4.69) is 91.0 Å². The molecule has 3 heteroatoms. The number of benzene rings is 3. The van der Waals surface area contributed by atoms with Gasteiger partial charge in [0.05, 0.1) is 11.3 Å². The van der Waals surface area contributed by atoms with Crippen molar-refractivity contribution in [1.82, 2.24) is 0 Å². The number of esters is 1. The quantitative estimate of drug-likeness (QED) is 0.267. The molecule has 3 aromatic rings. The van der Waals surface area contributed by atoms with Gasteiger partial charge in [0.1, 0.15) is 0 Å². The van der Waals surface area contributed by atoms with Gasteiger partial charge in [0, 0.05) is 6.08 Å². The van der Waals surface area contributed by atoms with Crippen LogP contribution in [0, 0.1) is 0 Å². The monoisotopic (exact) mass is 428 g/mol. The van der Waals surface area contributed by atoms with Gasteiger partial charge in [-0.25, -0.2) is 4.79 Å². The van der Waals surface area contributed by atoms with E-state index in [-0.39, 0.29) is 17.2 Å². The van der Waals surface area contributed by atoms with Crippen LogP contribution in [0.15, 0.2) is 103 Å². The number of hydrogen-bond acceptors (Lipinski definition) is 2. The minimum Gasteiger partial charge on any atom is -0.460 e. The molecule has 3 aromatic carbocycles. The highest BCUT2D eigenvalue weighted by Gasteiger charge is 2.47. The van der Waals surface area contributed by atoms with Crippen molar-refractivity contribution >= 4 is 19.2 Å². The van der Waals surface area contributed by atoms with Crippen molar-refractivity contribution in [3.8, 4) is 0 Å². The van der Waals surface area contributed by atoms with Gasteiger partial charge in [0.25, 0.3) is 0 Å². The first-order valence-corrected chi connectivity index (χ1v) is 12.5. The molecule has 0 saturated carbocycles. The molecule has 0 aromatic heterocycles. The third-order valence-electron chi connectivity index (χ3n) is 5.79. The molecule has 1 aliphatic rings. The van der Waals surface area contributed by atoms with Gasteiger partial charge in [-0.05, 0) is 54.9 Å². The van der Waals surface area contributed by atoms with Crippen molar-refractivity contribution in [2.75, 3.05) is 6.16 Å². The summed E-state index contributed by atoms with van der Waals surface area (Å²) < 4.78 is 5.55. The second kappa shape index (κ2) is 9.62. The van der Waals surface area contributed by atoms with Gasteiger partial charge in [-0.1, -0.05) is 98.9 Å². The molecule has 0 bridgehead atoms. The highest BCUT2D eigenvalue weighted by atomic mass is 31.1. The second-order valence-corrected chi connectivity index (χ2v) is 10.7. The summed E-state index contributed by atoms with van der Waals surface area (Å²) in [4.78, 5) is 12.8. The molecule has 1 aliphatic heterocycles. The topological polar surface area (TPSA) is 26.3 Å². The summed E-state index contributed by atoms with van der Waals surface area (Å²) in [5.74, 6) is -0.244. The van der Waals surface area contributed by atoms with Crippen LogP contribution in [0.1, 0.15) is 37.8 Å². The van der Waals surface area contributed by atoms with Gasteiger partial charge in [0.15, 0.2) is 0 Å². The van der Waals surface area contributed by atoms with Gasteiger partial charge in [-0.15, -0.1) is 0 Å². The SMILES string of the molecule is CC(C)OC(=O)C=C1CCCP(c2ccccc2)C1(c1ccccc1)c1ccccc1. The fourth-order valence-corrected chi connectivity index (χ4v) is 8.11. The maximum absolute atomic E-state index is 12.8. The van der Waals surface area contributed by atoms with Crippen LogP contribution in [0.3, 0.4) is 0 Å². The molecule has 1 saturated heterocycles. The van der Waals surface area contributed by atoms with E-state index in [1.54, 1.807) is 6.08 Å². The Kier molecular flexibility index (Phi) is 6.68. The van der Waals surface area contributed by atoms with Crippen LogP contribution in [0.25, 0.3) is 0 Å². The van der Waals surface area contributed by atoms with E-state index in [1.165, 1.54) is 16.4 Å². The van der Waals surface area contributed by atoms with Crippen LogP contribution in [0.5, 0.6) is 0 Å². The first kappa shape index (κ1) is 21.5. The van der Waals surface area contributed by atoms with Crippen molar-refractivity contribution in [3.05, 3.63) is 114 Å². The molecule has 0 spiro atoms. The third-order valence-corrected chi connectivity index (χ3v) is 9.09. The Balaban J connectivity index is 2.00. The minimum absolute atomic E-state index is 0.133. The van der Waals surface area contributed by atoms with Crippen LogP contribution >= 0.6 is 7.92 Å². The van der Waals surface area contributed by atoms with E-state index in [1.807, 2.05) is 13.8 Å². The minimum atomic E-state index is -0.633. The smallest absolute Gasteiger partial charge is 0.331 e. The summed E-state index contributed by atoms with van der Waals surface area (Å²) in [5, 5.41) is 1.01. The van der Waals surface area contributed by atoms with Crippen molar-refractivity contribution in [2.45, 2.75) is 37.9 Å². The molecule has 2 nitrogen and oxygen atoms in total. The molecule has 1 unspecified atom stereocenters. The maximum Gasteiger partial charge on any atom is 0.331 e. The molecule has 1 heterocycles. The van der Waals surface area contributed by atoms with Gasteiger partial charge >= 0.3 is 5.97 Å². The van der Waals surface area contributed by atoms with Gasteiger partial charge < -0.3 is 4.74 Å². The molecular formula is C28H29O2P. The van der Waals surface area contributed by atoms with Gasteiger partial charge in [-0.2, -0.15) is 0 Å². The first-order chi connectivity index (χ1) is 15.1. The fraction of sp³-hybridized carbons (Fsp3) is 0.250. The lowest BCUT2D eigenvalue weighted by atomic mass is 9.81. The predicted octanol–water partition coefficient (Wildman–Crippen LogP) is 6.41. The summed E-state index contributed by atoms with van der Waals surface area (Å²) in [6.07, 6.45) is 4.74. The number of carbonyl (C=O) groups is 1. The fourth-order valence-electron chi connectivity index (χ4n) is 4.67. The molecule has 0 radical (unpaired) electrons. The summed E-state index contributed by atoms with van der Waals surface area (Å²) in [5.41, 5.74) is 3.66. The number of carbonyl (C=O) groups excluding carboxylic acids is 1. The lowest BCUT2D eigenvalue weighted by Gasteiger charge is -2.48. The van der Waals surface area contributed by atoms with Crippen molar-refractivity contribution in [2.24, 2.45) is 0 Å². The molecule has 4 rings (SSSR count). The van der Waals surface area contributed by atoms with Crippen LogP contribution in [0.2, 0.25) is 0 Å². The number of allylic oxidation sites excluding steroid dienone is 1. The zero-order valence-electron chi connectivity index (χ0n) is 18.2. The molecule has 0 N–H and O–H groups in total. The summed E-state index contributed by atoms with van der Waals surface area (Å²) in [7, 11) is -0.633. The average molecular weight is 429 g/mol. The van der Waals surface area contributed by atoms with E-state index in [9.17, 15) is 4.79 Å². The van der Waals surface area contributed by atoms with E-state index in [0.29, 0.717) is 0 Å². The van der Waals surface area contributed by atoms with E-state index >= 15 is 0 Å². The standard InChI is InChI=1S/C28H29O2P/c1-22(2)30-27(29)21-25-17-12-20-31(26-18-10-5-11-19-26)28(25,23-13-6-3-7-14-23)24-15-8-4-9-16-24/h3-11,13-16,18-19,21-22H,12,17,20H2,1-2H3. The van der Waals surface area contributed by atoms with E-state index in [0.717, 1.165) is 24.6 Å². The lowest BCUT2D eigenvalue weighted by molar-refractivity contribution is -0.141. The Hall–Kier alpha value is -2.70. The van der Waals surface area contributed by atoms with Crippen molar-refractivity contribution in [3.63, 3.8) is 0 Å². The molecule has 0 amide bonds. The number of ether oxygens (including phenoxy) is 1. The molecule has 158 valence electrons. The Morgan fingerprint density at radius 3 is 1.90 bits per heavy atom. The highest BCUT2D eigenvalue weighted by molar-refractivity contribution is 7.67. The predicted molar refractivity (Wildman–Crippen MR) is 130 cm³/mol. The van der Waals surface area contributed by atoms with Crippen LogP contribution < -0.4 is 5.30 Å². The zero-order valence-corrected chi connectivity index (χ0v) is 19.1. The average Bonchev–Trinajstić information content (AvgIpc) is 2.80.